The van der Waals surface area contributed by atoms with Crippen molar-refractivity contribution >= 4 is 5.91 Å². The largest absolute Gasteiger partial charge is 0.507 e. The first-order chi connectivity index (χ1) is 16.2. The molecule has 2 aliphatic heterocycles. The first-order valence-corrected chi connectivity index (χ1v) is 11.1. The van der Waals surface area contributed by atoms with Crippen LogP contribution in [0, 0.1) is 13.8 Å². The third-order valence-corrected chi connectivity index (χ3v) is 7.19. The number of carbonyl (C=O) groups excluding carboxylic acids is 1. The van der Waals surface area contributed by atoms with Crippen LogP contribution in [-0.4, -0.2) is 68.6 Å². The molecule has 1 saturated heterocycles. The molecular formula is C25H32N2O7. The van der Waals surface area contributed by atoms with Crippen molar-refractivity contribution in [2.75, 3.05) is 35.5 Å². The fraction of sp³-hybridized carbons (Fsp3) is 0.480. The average Bonchev–Trinajstić information content (AvgIpc) is 2.81. The van der Waals surface area contributed by atoms with Gasteiger partial charge in [-0.05, 0) is 33.4 Å². The van der Waals surface area contributed by atoms with Crippen molar-refractivity contribution in [1.82, 2.24) is 10.2 Å². The van der Waals surface area contributed by atoms with E-state index in [1.165, 1.54) is 14.2 Å². The molecule has 0 unspecified atom stereocenters. The summed E-state index contributed by atoms with van der Waals surface area (Å²) < 4.78 is 22.2. The summed E-state index contributed by atoms with van der Waals surface area (Å²) in [5.74, 6) is 2.04. The summed E-state index contributed by atoms with van der Waals surface area (Å²) in [6, 6.07) is 0.553. The highest BCUT2D eigenvalue weighted by Crippen LogP contribution is 2.52. The van der Waals surface area contributed by atoms with Crippen molar-refractivity contribution in [2.24, 2.45) is 0 Å². The van der Waals surface area contributed by atoms with E-state index in [0.717, 1.165) is 5.56 Å². The molecule has 0 spiro atoms. The number of likely N-dealkylation sites (N-methyl/N-ethyl adjacent to an activating group) is 1. The molecule has 3 N–H and O–H groups in total. The highest BCUT2D eigenvalue weighted by Gasteiger charge is 2.48. The smallest absolute Gasteiger partial charge is 0.238 e. The van der Waals surface area contributed by atoms with E-state index in [0.29, 0.717) is 58.1 Å². The molecule has 3 atom stereocenters. The number of hydrogen-bond donors (Lipinski definition) is 3. The molecule has 2 aromatic carbocycles. The summed E-state index contributed by atoms with van der Waals surface area (Å²) in [6.07, 6.45) is 0.675. The number of aromatic hydroxyl groups is 2. The normalized spacial score (nSPS) is 21.5. The van der Waals surface area contributed by atoms with Gasteiger partial charge in [-0.1, -0.05) is 0 Å². The molecule has 2 heterocycles. The maximum Gasteiger partial charge on any atom is 0.238 e. The first kappa shape index (κ1) is 23.8. The summed E-state index contributed by atoms with van der Waals surface area (Å²) in [7, 11) is 8.07. The van der Waals surface area contributed by atoms with Gasteiger partial charge < -0.3 is 34.5 Å². The number of fused-ring (bicyclic) bond motifs is 4. The fourth-order valence-corrected chi connectivity index (χ4v) is 5.50. The highest BCUT2D eigenvalue weighted by atomic mass is 16.5. The summed E-state index contributed by atoms with van der Waals surface area (Å²) in [5.41, 5.74) is 3.22. The number of carbonyl (C=O) groups is 1. The van der Waals surface area contributed by atoms with Crippen molar-refractivity contribution in [3.05, 3.63) is 33.9 Å². The van der Waals surface area contributed by atoms with Crippen LogP contribution in [0.4, 0.5) is 0 Å². The predicted molar refractivity (Wildman–Crippen MR) is 126 cm³/mol. The minimum atomic E-state index is -0.433. The summed E-state index contributed by atoms with van der Waals surface area (Å²) in [5, 5.41) is 25.1. The van der Waals surface area contributed by atoms with Crippen LogP contribution in [-0.2, 0) is 17.6 Å². The molecule has 4 rings (SSSR count). The second-order valence-corrected chi connectivity index (χ2v) is 8.83. The predicted octanol–water partition coefficient (Wildman–Crippen LogP) is 2.39. The zero-order valence-corrected chi connectivity index (χ0v) is 20.6. The summed E-state index contributed by atoms with van der Waals surface area (Å²) in [6.45, 7) is 3.53. The maximum absolute atomic E-state index is 13.1. The Morgan fingerprint density at radius 1 is 0.971 bits per heavy atom. The lowest BCUT2D eigenvalue weighted by atomic mass is 9.78. The Morgan fingerprint density at radius 2 is 1.59 bits per heavy atom. The zero-order chi connectivity index (χ0) is 24.9. The lowest BCUT2D eigenvalue weighted by Gasteiger charge is -2.49. The Labute approximate surface area is 199 Å². The van der Waals surface area contributed by atoms with Gasteiger partial charge in [-0.2, -0.15) is 0 Å². The van der Waals surface area contributed by atoms with Crippen LogP contribution in [0.3, 0.4) is 0 Å². The van der Waals surface area contributed by atoms with E-state index in [1.54, 1.807) is 34.1 Å². The third kappa shape index (κ3) is 3.37. The van der Waals surface area contributed by atoms with Crippen LogP contribution in [0.1, 0.15) is 33.9 Å². The van der Waals surface area contributed by atoms with E-state index in [2.05, 4.69) is 5.32 Å². The number of ether oxygens (including phenoxy) is 4. The molecule has 0 saturated carbocycles. The Kier molecular flexibility index (Phi) is 6.16. The molecule has 0 aromatic heterocycles. The number of methoxy groups -OCH3 is 4. The van der Waals surface area contributed by atoms with E-state index in [4.69, 9.17) is 18.9 Å². The van der Waals surface area contributed by atoms with Gasteiger partial charge in [0.05, 0.1) is 46.6 Å². The van der Waals surface area contributed by atoms with Crippen molar-refractivity contribution < 1.29 is 34.0 Å². The number of benzene rings is 2. The quantitative estimate of drug-likeness (QED) is 0.588. The second kappa shape index (κ2) is 8.79. The van der Waals surface area contributed by atoms with E-state index < -0.39 is 12.1 Å². The number of piperazine rings is 1. The SMILES string of the molecule is COc1cc(C[C@@H]2NC(=O)[C@@H]3Cc4c(O)c(C)c(OC)c(OC)c4[C@H]2N3C)c(O)c(C)c1OC. The van der Waals surface area contributed by atoms with E-state index in [9.17, 15) is 15.0 Å². The number of nitrogens with one attached hydrogen (secondary N) is 1. The van der Waals surface area contributed by atoms with Crippen LogP contribution < -0.4 is 24.3 Å². The third-order valence-electron chi connectivity index (χ3n) is 7.19. The van der Waals surface area contributed by atoms with Crippen LogP contribution in [0.2, 0.25) is 0 Å². The molecule has 0 aliphatic carbocycles. The standard InChI is InChI=1S/C25H32N2O7/c1-11-20(28)13(9-17(31-4)22(11)32-5)8-15-19-18-14(10-16(27(19)3)25(30)26-15)21(29)12(2)23(33-6)24(18)34-7/h9,15-16,19,28-29H,8,10H2,1-7H3,(H,26,30)/t15-,16-,19-/m0/s1. The highest BCUT2D eigenvalue weighted by molar-refractivity contribution is 5.85. The van der Waals surface area contributed by atoms with Gasteiger partial charge in [-0.3, -0.25) is 9.69 Å². The molecule has 2 aromatic rings. The van der Waals surface area contributed by atoms with Gasteiger partial charge in [0.25, 0.3) is 0 Å². The van der Waals surface area contributed by atoms with E-state index >= 15 is 0 Å². The van der Waals surface area contributed by atoms with Crippen molar-refractivity contribution in [2.45, 2.75) is 44.8 Å². The molecule has 184 valence electrons. The molecular weight excluding hydrogens is 440 g/mol. The lowest BCUT2D eigenvalue weighted by Crippen LogP contribution is -2.63. The molecule has 1 amide bonds. The lowest BCUT2D eigenvalue weighted by molar-refractivity contribution is -0.133. The van der Waals surface area contributed by atoms with Crippen LogP contribution in [0.15, 0.2) is 6.07 Å². The number of rotatable bonds is 6. The van der Waals surface area contributed by atoms with Gasteiger partial charge in [-0.15, -0.1) is 0 Å². The topological polar surface area (TPSA) is 110 Å². The second-order valence-electron chi connectivity index (χ2n) is 8.83. The van der Waals surface area contributed by atoms with Crippen molar-refractivity contribution in [1.29, 1.82) is 0 Å². The number of hydrogen-bond acceptors (Lipinski definition) is 8. The van der Waals surface area contributed by atoms with Gasteiger partial charge in [0.1, 0.15) is 11.5 Å². The van der Waals surface area contributed by atoms with Crippen molar-refractivity contribution in [3.8, 4) is 34.5 Å². The molecule has 2 bridgehead atoms. The van der Waals surface area contributed by atoms with Crippen LogP contribution in [0.5, 0.6) is 34.5 Å². The number of amides is 1. The van der Waals surface area contributed by atoms with Gasteiger partial charge in [-0.25, -0.2) is 0 Å². The molecule has 1 fully saturated rings. The fourth-order valence-electron chi connectivity index (χ4n) is 5.50. The molecule has 34 heavy (non-hydrogen) atoms. The molecule has 9 nitrogen and oxygen atoms in total. The first-order valence-electron chi connectivity index (χ1n) is 11.1. The Balaban J connectivity index is 1.88. The minimum absolute atomic E-state index is 0.0870. The minimum Gasteiger partial charge on any atom is -0.507 e. The van der Waals surface area contributed by atoms with Crippen LogP contribution in [0.25, 0.3) is 0 Å². The van der Waals surface area contributed by atoms with Gasteiger partial charge in [0, 0.05) is 34.2 Å². The van der Waals surface area contributed by atoms with E-state index in [-0.39, 0.29) is 23.4 Å². The Morgan fingerprint density at radius 3 is 2.18 bits per heavy atom. The van der Waals surface area contributed by atoms with Gasteiger partial charge >= 0.3 is 0 Å². The van der Waals surface area contributed by atoms with E-state index in [1.807, 2.05) is 11.9 Å². The van der Waals surface area contributed by atoms with Crippen molar-refractivity contribution in [3.63, 3.8) is 0 Å². The number of phenolic OH excluding ortho intramolecular Hbond substituents is 2. The molecule has 0 radical (unpaired) electrons. The molecule has 9 heteroatoms. The van der Waals surface area contributed by atoms with Gasteiger partial charge in [0.2, 0.25) is 5.91 Å². The Bertz CT molecular complexity index is 1150. The summed E-state index contributed by atoms with van der Waals surface area (Å²) >= 11 is 0. The average molecular weight is 473 g/mol. The summed E-state index contributed by atoms with van der Waals surface area (Å²) in [4.78, 5) is 15.1. The monoisotopic (exact) mass is 472 g/mol. The van der Waals surface area contributed by atoms with Crippen LogP contribution >= 0.6 is 0 Å². The zero-order valence-electron chi connectivity index (χ0n) is 20.6. The Hall–Kier alpha value is -3.33. The maximum atomic E-state index is 13.1. The molecule has 2 aliphatic rings. The number of nitrogens with zero attached hydrogens (tertiary/aromatic N) is 1. The number of phenols is 2. The van der Waals surface area contributed by atoms with Gasteiger partial charge in [0.15, 0.2) is 23.0 Å².